The van der Waals surface area contributed by atoms with Gasteiger partial charge in [-0.15, -0.1) is 0 Å². The van der Waals surface area contributed by atoms with Crippen molar-refractivity contribution in [2.75, 3.05) is 13.2 Å². The fraction of sp³-hybridized carbons (Fsp3) is 0.576. The minimum absolute atomic E-state index is 0.00513. The lowest BCUT2D eigenvalue weighted by Gasteiger charge is -2.54. The molecule has 5 rings (SSSR count). The first-order chi connectivity index (χ1) is 19.4. The Hall–Kier alpha value is -2.39. The van der Waals surface area contributed by atoms with Gasteiger partial charge in [0.15, 0.2) is 11.6 Å². The van der Waals surface area contributed by atoms with E-state index in [-0.39, 0.29) is 16.6 Å². The number of benzene rings is 1. The lowest BCUT2D eigenvalue weighted by Crippen LogP contribution is -2.58. The maximum atomic E-state index is 14.1. The van der Waals surface area contributed by atoms with E-state index in [0.29, 0.717) is 32.3 Å². The van der Waals surface area contributed by atoms with Crippen LogP contribution in [0.3, 0.4) is 0 Å². The number of aliphatic hydroxyl groups excluding tert-OH is 1. The summed E-state index contributed by atoms with van der Waals surface area (Å²) < 4.78 is 37.8. The fourth-order valence-electron chi connectivity index (χ4n) is 7.98. The standard InChI is InChI=1S/C33H42O7S/c1-5-6-7-18-39-33(29(36)21-40-41(37,38)25-11-8-22(2)9-12-25)17-15-27-26-13-10-23-19-24(34)14-16-31(23,3)30(26)28(35)20-32(27,33)4/h8-9,11-12,14,16,19,27-28,35H,5-7,10,13,15,17-18,20-21H2,1-4H3/t27-,28?,31-,32-,33-/m0/s1. The van der Waals surface area contributed by atoms with Crippen molar-refractivity contribution in [3.05, 3.63) is 64.8 Å². The van der Waals surface area contributed by atoms with E-state index in [9.17, 15) is 23.1 Å². The molecular weight excluding hydrogens is 540 g/mol. The van der Waals surface area contributed by atoms with Crippen molar-refractivity contribution in [3.8, 4) is 0 Å². The molecule has 4 aliphatic rings. The zero-order valence-corrected chi connectivity index (χ0v) is 25.4. The second kappa shape index (κ2) is 11.0. The van der Waals surface area contributed by atoms with Gasteiger partial charge in [0, 0.05) is 17.4 Å². The van der Waals surface area contributed by atoms with Gasteiger partial charge in [-0.25, -0.2) is 0 Å². The van der Waals surface area contributed by atoms with Crippen LogP contribution in [0.1, 0.15) is 77.7 Å². The average molecular weight is 583 g/mol. The molecule has 1 unspecified atom stereocenters. The van der Waals surface area contributed by atoms with Crippen LogP contribution in [0.2, 0.25) is 0 Å². The van der Waals surface area contributed by atoms with Crippen molar-refractivity contribution in [2.45, 2.75) is 95.7 Å². The van der Waals surface area contributed by atoms with Gasteiger partial charge in [-0.3, -0.25) is 13.8 Å². The highest BCUT2D eigenvalue weighted by atomic mass is 32.2. The molecule has 0 radical (unpaired) electrons. The molecule has 1 aromatic rings. The summed E-state index contributed by atoms with van der Waals surface area (Å²) >= 11 is 0. The Labute approximate surface area is 243 Å². The molecular formula is C33H42O7S. The highest BCUT2D eigenvalue weighted by Crippen LogP contribution is 2.65. The molecule has 0 heterocycles. The van der Waals surface area contributed by atoms with Crippen LogP contribution in [0.5, 0.6) is 0 Å². The van der Waals surface area contributed by atoms with Crippen molar-refractivity contribution in [1.82, 2.24) is 0 Å². The minimum Gasteiger partial charge on any atom is -0.389 e. The first-order valence-electron chi connectivity index (χ1n) is 14.9. The molecule has 222 valence electrons. The molecule has 5 atom stereocenters. The Morgan fingerprint density at radius 1 is 1.12 bits per heavy atom. The van der Waals surface area contributed by atoms with E-state index in [0.717, 1.165) is 48.0 Å². The summed E-state index contributed by atoms with van der Waals surface area (Å²) in [6.45, 7) is 7.82. The largest absolute Gasteiger partial charge is 0.389 e. The minimum atomic E-state index is -4.14. The van der Waals surface area contributed by atoms with E-state index < -0.39 is 45.0 Å². The number of fused-ring (bicyclic) bond motifs is 4. The van der Waals surface area contributed by atoms with Crippen molar-refractivity contribution in [1.29, 1.82) is 0 Å². The molecule has 0 aromatic heterocycles. The van der Waals surface area contributed by atoms with Gasteiger partial charge in [0.2, 0.25) is 0 Å². The number of ether oxygens (including phenoxy) is 1. The maximum Gasteiger partial charge on any atom is 0.297 e. The molecule has 0 saturated heterocycles. The predicted octanol–water partition coefficient (Wildman–Crippen LogP) is 5.56. The Bertz CT molecular complexity index is 1420. The van der Waals surface area contributed by atoms with E-state index >= 15 is 0 Å². The molecule has 1 fully saturated rings. The van der Waals surface area contributed by atoms with E-state index in [1.807, 2.05) is 19.9 Å². The normalized spacial score (nSPS) is 32.8. The van der Waals surface area contributed by atoms with Crippen LogP contribution in [-0.2, 0) is 28.6 Å². The molecule has 1 N–H and O–H groups in total. The van der Waals surface area contributed by atoms with Crippen molar-refractivity contribution in [2.24, 2.45) is 16.7 Å². The highest BCUT2D eigenvalue weighted by molar-refractivity contribution is 7.86. The molecule has 0 bridgehead atoms. The summed E-state index contributed by atoms with van der Waals surface area (Å²) in [5.41, 5.74) is 1.52. The van der Waals surface area contributed by atoms with Crippen molar-refractivity contribution in [3.63, 3.8) is 0 Å². The summed E-state index contributed by atoms with van der Waals surface area (Å²) in [6, 6.07) is 6.33. The monoisotopic (exact) mass is 582 g/mol. The van der Waals surface area contributed by atoms with Crippen molar-refractivity contribution < 1.29 is 32.0 Å². The first-order valence-corrected chi connectivity index (χ1v) is 16.3. The van der Waals surface area contributed by atoms with Crippen LogP contribution in [-0.4, -0.2) is 50.0 Å². The number of aryl methyl sites for hydroxylation is 1. The molecule has 4 aliphatic carbocycles. The Morgan fingerprint density at radius 2 is 1.85 bits per heavy atom. The van der Waals surface area contributed by atoms with Gasteiger partial charge in [0.05, 0.1) is 11.0 Å². The fourth-order valence-corrected chi connectivity index (χ4v) is 8.84. The summed E-state index contributed by atoms with van der Waals surface area (Å²) in [5.74, 6) is -0.422. The first kappa shape index (κ1) is 30.1. The maximum absolute atomic E-state index is 14.1. The van der Waals surface area contributed by atoms with Crippen LogP contribution in [0, 0.1) is 23.7 Å². The summed E-state index contributed by atoms with van der Waals surface area (Å²) in [4.78, 5) is 26.3. The number of hydrogen-bond donors (Lipinski definition) is 1. The third-order valence-electron chi connectivity index (χ3n) is 10.2. The summed E-state index contributed by atoms with van der Waals surface area (Å²) in [7, 11) is -4.14. The number of carbonyl (C=O) groups is 2. The van der Waals surface area contributed by atoms with Crippen LogP contribution in [0.4, 0.5) is 0 Å². The highest BCUT2D eigenvalue weighted by Gasteiger charge is 2.66. The Morgan fingerprint density at radius 3 is 2.56 bits per heavy atom. The zero-order valence-electron chi connectivity index (χ0n) is 24.6. The topological polar surface area (TPSA) is 107 Å². The molecule has 1 aromatic carbocycles. The van der Waals surface area contributed by atoms with Gasteiger partial charge in [-0.1, -0.05) is 61.6 Å². The lowest BCUT2D eigenvalue weighted by molar-refractivity contribution is -0.170. The molecule has 1 saturated carbocycles. The quantitative estimate of drug-likeness (QED) is 0.219. The Balaban J connectivity index is 1.48. The van der Waals surface area contributed by atoms with E-state index in [2.05, 4.69) is 13.8 Å². The predicted molar refractivity (Wildman–Crippen MR) is 156 cm³/mol. The summed E-state index contributed by atoms with van der Waals surface area (Å²) in [5, 5.41) is 11.7. The number of unbranched alkanes of at least 4 members (excludes halogenated alkanes) is 2. The van der Waals surface area contributed by atoms with Gasteiger partial charge in [-0.05, 0) is 88.1 Å². The van der Waals surface area contributed by atoms with Gasteiger partial charge < -0.3 is 9.84 Å². The van der Waals surface area contributed by atoms with E-state index in [4.69, 9.17) is 8.92 Å². The zero-order chi connectivity index (χ0) is 29.6. The third-order valence-corrected chi connectivity index (χ3v) is 11.5. The number of allylic oxidation sites excluding steroid dienone is 5. The number of hydrogen-bond acceptors (Lipinski definition) is 7. The van der Waals surface area contributed by atoms with Gasteiger partial charge in [-0.2, -0.15) is 8.42 Å². The second-order valence-electron chi connectivity index (χ2n) is 12.6. The molecule has 41 heavy (non-hydrogen) atoms. The molecule has 0 aliphatic heterocycles. The third kappa shape index (κ3) is 5.01. The molecule has 8 heteroatoms. The average Bonchev–Trinajstić information content (AvgIpc) is 3.22. The van der Waals surface area contributed by atoms with Gasteiger partial charge in [0.25, 0.3) is 10.1 Å². The number of ketones is 2. The van der Waals surface area contributed by atoms with Crippen LogP contribution < -0.4 is 0 Å². The number of Topliss-reactive ketones (excluding diaryl/α,β-unsaturated/α-hetero) is 1. The molecule has 0 spiro atoms. The van der Waals surface area contributed by atoms with Crippen molar-refractivity contribution >= 4 is 21.7 Å². The van der Waals surface area contributed by atoms with Crippen LogP contribution >= 0.6 is 0 Å². The number of rotatable bonds is 10. The molecule has 7 nitrogen and oxygen atoms in total. The van der Waals surface area contributed by atoms with E-state index in [1.54, 1.807) is 24.3 Å². The number of aliphatic hydroxyl groups is 1. The smallest absolute Gasteiger partial charge is 0.297 e. The van der Waals surface area contributed by atoms with Gasteiger partial charge >= 0.3 is 0 Å². The van der Waals surface area contributed by atoms with E-state index in [1.165, 1.54) is 12.1 Å². The van der Waals surface area contributed by atoms with Gasteiger partial charge in [0.1, 0.15) is 12.2 Å². The lowest BCUT2D eigenvalue weighted by atomic mass is 9.52. The Kier molecular flexibility index (Phi) is 8.09. The van der Waals surface area contributed by atoms with Crippen LogP contribution in [0.15, 0.2) is 64.1 Å². The van der Waals surface area contributed by atoms with Crippen LogP contribution in [0.25, 0.3) is 0 Å². The summed E-state index contributed by atoms with van der Waals surface area (Å²) in [6.07, 6.45) is 10.0. The second-order valence-corrected chi connectivity index (χ2v) is 14.2. The molecule has 0 amide bonds. The SMILES string of the molecule is CCCCCO[C@]1(C(=O)COS(=O)(=O)c2ccc(C)cc2)CC[C@H]2C3=C(C(O)C[C@@]21C)[C@@]1(C)C=CC(=O)C=C1CC3. The number of carbonyl (C=O) groups excluding carboxylic acids is 2.